The van der Waals surface area contributed by atoms with Crippen LogP contribution in [0.15, 0.2) is 70.8 Å². The van der Waals surface area contributed by atoms with Gasteiger partial charge in [-0.05, 0) is 35.9 Å². The summed E-state index contributed by atoms with van der Waals surface area (Å²) in [6.45, 7) is 1.74. The van der Waals surface area contributed by atoms with Crippen LogP contribution in [0.3, 0.4) is 0 Å². The molecule has 2 aromatic carbocycles. The number of carbonyl (C=O) groups is 1. The second kappa shape index (κ2) is 9.77. The smallest absolute Gasteiger partial charge is 0.273 e. The Morgan fingerprint density at radius 1 is 1.12 bits per heavy atom. The molecule has 4 aromatic rings. The fraction of sp³-hybridized carbons (Fsp3) is 0.269. The molecule has 1 amide bonds. The van der Waals surface area contributed by atoms with Crippen molar-refractivity contribution in [2.24, 2.45) is 5.92 Å². The molecule has 174 valence electrons. The molecule has 5 rings (SSSR count). The van der Waals surface area contributed by atoms with Gasteiger partial charge in [-0.1, -0.05) is 48.5 Å². The number of thiophene rings is 1. The molecule has 1 atom stereocenters. The van der Waals surface area contributed by atoms with Crippen molar-refractivity contribution in [2.75, 3.05) is 18.0 Å². The van der Waals surface area contributed by atoms with E-state index in [2.05, 4.69) is 5.32 Å². The Morgan fingerprint density at radius 3 is 2.74 bits per heavy atom. The van der Waals surface area contributed by atoms with Crippen LogP contribution in [-0.4, -0.2) is 28.5 Å². The van der Waals surface area contributed by atoms with E-state index in [-0.39, 0.29) is 29.7 Å². The van der Waals surface area contributed by atoms with Gasteiger partial charge in [-0.15, -0.1) is 11.3 Å². The molecule has 1 aliphatic rings. The van der Waals surface area contributed by atoms with E-state index in [1.165, 1.54) is 17.4 Å². The molecule has 3 heterocycles. The first-order valence-electron chi connectivity index (χ1n) is 11.4. The molecule has 8 heteroatoms. The number of hydrogen-bond acceptors (Lipinski definition) is 5. The molecular formula is C26H25FN4O2S. The van der Waals surface area contributed by atoms with Crippen molar-refractivity contribution < 1.29 is 9.18 Å². The second-order valence-electron chi connectivity index (χ2n) is 8.52. The summed E-state index contributed by atoms with van der Waals surface area (Å²) in [5, 5.41) is 4.76. The number of benzene rings is 2. The van der Waals surface area contributed by atoms with Crippen LogP contribution in [-0.2, 0) is 17.9 Å². The Labute approximate surface area is 200 Å². The van der Waals surface area contributed by atoms with Crippen molar-refractivity contribution in [3.63, 3.8) is 0 Å². The molecule has 1 aliphatic heterocycles. The van der Waals surface area contributed by atoms with Crippen LogP contribution in [0.25, 0.3) is 10.2 Å². The SMILES string of the molecule is O=C(NCc1ccccc1F)C1CCCN(c2nc3ccsc3c(=O)n2Cc2ccccc2)C1. The largest absolute Gasteiger partial charge is 0.352 e. The lowest BCUT2D eigenvalue weighted by atomic mass is 9.97. The van der Waals surface area contributed by atoms with Gasteiger partial charge in [-0.2, -0.15) is 0 Å². The maximum absolute atomic E-state index is 13.9. The third-order valence-electron chi connectivity index (χ3n) is 6.22. The molecule has 1 saturated heterocycles. The van der Waals surface area contributed by atoms with E-state index in [0.29, 0.717) is 41.4 Å². The summed E-state index contributed by atoms with van der Waals surface area (Å²) < 4.78 is 16.3. The van der Waals surface area contributed by atoms with Gasteiger partial charge in [0.05, 0.1) is 18.0 Å². The molecule has 0 bridgehead atoms. The highest BCUT2D eigenvalue weighted by Crippen LogP contribution is 2.25. The Balaban J connectivity index is 1.39. The summed E-state index contributed by atoms with van der Waals surface area (Å²) in [5.41, 5.74) is 2.09. The van der Waals surface area contributed by atoms with Crippen molar-refractivity contribution in [3.8, 4) is 0 Å². The molecule has 0 aliphatic carbocycles. The summed E-state index contributed by atoms with van der Waals surface area (Å²) in [6.07, 6.45) is 1.55. The number of amides is 1. The molecule has 34 heavy (non-hydrogen) atoms. The lowest BCUT2D eigenvalue weighted by Gasteiger charge is -2.34. The number of carbonyl (C=O) groups excluding carboxylic acids is 1. The Bertz CT molecular complexity index is 1370. The minimum atomic E-state index is -0.328. The first kappa shape index (κ1) is 22.3. The average molecular weight is 477 g/mol. The summed E-state index contributed by atoms with van der Waals surface area (Å²) >= 11 is 1.40. The minimum absolute atomic E-state index is 0.0648. The van der Waals surface area contributed by atoms with Crippen molar-refractivity contribution in [3.05, 3.63) is 93.3 Å². The van der Waals surface area contributed by atoms with Gasteiger partial charge in [0, 0.05) is 25.2 Å². The molecule has 1 fully saturated rings. The first-order valence-corrected chi connectivity index (χ1v) is 12.3. The zero-order valence-electron chi connectivity index (χ0n) is 18.6. The van der Waals surface area contributed by atoms with Crippen LogP contribution in [0, 0.1) is 11.7 Å². The monoisotopic (exact) mass is 476 g/mol. The molecule has 0 radical (unpaired) electrons. The van der Waals surface area contributed by atoms with Crippen LogP contribution < -0.4 is 15.8 Å². The van der Waals surface area contributed by atoms with Crippen molar-refractivity contribution in [1.82, 2.24) is 14.9 Å². The van der Waals surface area contributed by atoms with Crippen molar-refractivity contribution in [1.29, 1.82) is 0 Å². The summed E-state index contributed by atoms with van der Waals surface area (Å²) in [6, 6.07) is 18.1. The molecule has 0 spiro atoms. The normalized spacial score (nSPS) is 16.0. The maximum atomic E-state index is 13.9. The van der Waals surface area contributed by atoms with Crippen LogP contribution in [0.2, 0.25) is 0 Å². The Hall–Kier alpha value is -3.52. The van der Waals surface area contributed by atoms with Crippen molar-refractivity contribution >= 4 is 33.4 Å². The first-order chi connectivity index (χ1) is 16.6. The summed E-state index contributed by atoms with van der Waals surface area (Å²) in [5.74, 6) is -0.111. The molecule has 2 aromatic heterocycles. The van der Waals surface area contributed by atoms with E-state index in [9.17, 15) is 14.0 Å². The lowest BCUT2D eigenvalue weighted by molar-refractivity contribution is -0.125. The molecule has 6 nitrogen and oxygen atoms in total. The fourth-order valence-electron chi connectivity index (χ4n) is 4.42. The van der Waals surface area contributed by atoms with E-state index < -0.39 is 0 Å². The highest BCUT2D eigenvalue weighted by molar-refractivity contribution is 7.17. The van der Waals surface area contributed by atoms with Gasteiger partial charge in [0.15, 0.2) is 0 Å². The molecule has 0 saturated carbocycles. The van der Waals surface area contributed by atoms with Crippen LogP contribution in [0.4, 0.5) is 10.3 Å². The third-order valence-corrected chi connectivity index (χ3v) is 7.11. The highest BCUT2D eigenvalue weighted by Gasteiger charge is 2.29. The number of halogens is 1. The lowest BCUT2D eigenvalue weighted by Crippen LogP contribution is -2.45. The average Bonchev–Trinajstić information content (AvgIpc) is 3.35. The predicted molar refractivity (Wildman–Crippen MR) is 133 cm³/mol. The Kier molecular flexibility index (Phi) is 6.40. The number of nitrogens with one attached hydrogen (secondary N) is 1. The predicted octanol–water partition coefficient (Wildman–Crippen LogP) is 4.18. The van der Waals surface area contributed by atoms with Gasteiger partial charge < -0.3 is 10.2 Å². The zero-order valence-corrected chi connectivity index (χ0v) is 19.4. The van der Waals surface area contributed by atoms with E-state index in [1.807, 2.05) is 46.7 Å². The van der Waals surface area contributed by atoms with E-state index >= 15 is 0 Å². The quantitative estimate of drug-likeness (QED) is 0.453. The number of aromatic nitrogens is 2. The van der Waals surface area contributed by atoms with Gasteiger partial charge in [0.1, 0.15) is 10.5 Å². The van der Waals surface area contributed by atoms with E-state index in [1.54, 1.807) is 22.8 Å². The molecule has 1 unspecified atom stereocenters. The van der Waals surface area contributed by atoms with Crippen molar-refractivity contribution in [2.45, 2.75) is 25.9 Å². The number of rotatable bonds is 6. The summed E-state index contributed by atoms with van der Waals surface area (Å²) in [7, 11) is 0. The van der Waals surface area contributed by atoms with Crippen LogP contribution in [0.1, 0.15) is 24.0 Å². The standard InChI is InChI=1S/C26H25FN4O2S/c27-21-11-5-4-9-19(21)15-28-24(32)20-10-6-13-30(17-20)26-29-22-12-14-34-23(22)25(33)31(26)16-18-7-2-1-3-8-18/h1-5,7-9,11-12,14,20H,6,10,13,15-17H2,(H,28,32). The van der Waals surface area contributed by atoms with E-state index in [4.69, 9.17) is 4.98 Å². The topological polar surface area (TPSA) is 67.2 Å². The highest BCUT2D eigenvalue weighted by atomic mass is 32.1. The number of hydrogen-bond donors (Lipinski definition) is 1. The second-order valence-corrected chi connectivity index (χ2v) is 9.43. The zero-order chi connectivity index (χ0) is 23.5. The van der Waals surface area contributed by atoms with Gasteiger partial charge in [-0.3, -0.25) is 14.2 Å². The van der Waals surface area contributed by atoms with Crippen LogP contribution in [0.5, 0.6) is 0 Å². The molecular weight excluding hydrogens is 451 g/mol. The van der Waals surface area contributed by atoms with Crippen LogP contribution >= 0.6 is 11.3 Å². The van der Waals surface area contributed by atoms with Gasteiger partial charge in [-0.25, -0.2) is 9.37 Å². The van der Waals surface area contributed by atoms with Gasteiger partial charge >= 0.3 is 0 Å². The fourth-order valence-corrected chi connectivity index (χ4v) is 5.20. The number of anilines is 1. The van der Waals surface area contributed by atoms with Gasteiger partial charge in [0.2, 0.25) is 11.9 Å². The number of nitrogens with zero attached hydrogens (tertiary/aromatic N) is 3. The van der Waals surface area contributed by atoms with E-state index in [0.717, 1.165) is 18.4 Å². The maximum Gasteiger partial charge on any atom is 0.273 e. The number of piperidine rings is 1. The van der Waals surface area contributed by atoms with Gasteiger partial charge in [0.25, 0.3) is 5.56 Å². The number of fused-ring (bicyclic) bond motifs is 1. The third kappa shape index (κ3) is 4.59. The minimum Gasteiger partial charge on any atom is -0.352 e. The molecule has 1 N–H and O–H groups in total. The Morgan fingerprint density at radius 2 is 1.91 bits per heavy atom. The summed E-state index contributed by atoms with van der Waals surface area (Å²) in [4.78, 5) is 33.2.